The first-order valence-electron chi connectivity index (χ1n) is 5.18. The second kappa shape index (κ2) is 4.30. The molecule has 0 amide bonds. The average molecular weight is 202 g/mol. The van der Waals surface area contributed by atoms with E-state index in [2.05, 4.69) is 0 Å². The monoisotopic (exact) mass is 202 g/mol. The summed E-state index contributed by atoms with van der Waals surface area (Å²) in [4.78, 5) is 11.5. The molecule has 0 unspecified atom stereocenters. The molecule has 0 radical (unpaired) electrons. The van der Waals surface area contributed by atoms with Crippen molar-refractivity contribution in [2.24, 2.45) is 11.8 Å². The molecular formula is C13H14O2. The molecule has 1 heterocycles. The molecule has 2 nitrogen and oxygen atoms in total. The van der Waals surface area contributed by atoms with E-state index in [-0.39, 0.29) is 17.8 Å². The molecule has 1 aromatic rings. The van der Waals surface area contributed by atoms with Gasteiger partial charge in [0.25, 0.3) is 0 Å². The van der Waals surface area contributed by atoms with E-state index in [0.717, 1.165) is 6.42 Å². The number of rotatable bonds is 2. The lowest BCUT2D eigenvalue weighted by atomic mass is 9.87. The van der Waals surface area contributed by atoms with Gasteiger partial charge in [0.1, 0.15) is 0 Å². The Labute approximate surface area is 89.6 Å². The number of hydrogen-bond acceptors (Lipinski definition) is 2. The highest BCUT2D eigenvalue weighted by molar-refractivity contribution is 5.75. The molecule has 2 rings (SSSR count). The fourth-order valence-electron chi connectivity index (χ4n) is 1.80. The van der Waals surface area contributed by atoms with Crippen LogP contribution in [0.1, 0.15) is 12.5 Å². The lowest BCUT2D eigenvalue weighted by molar-refractivity contribution is -0.145. The number of carbonyl (C=O) groups is 1. The Hall–Kier alpha value is -1.57. The summed E-state index contributed by atoms with van der Waals surface area (Å²) in [6.07, 6.45) is 4.19. The topological polar surface area (TPSA) is 26.3 Å². The molecule has 0 saturated carbocycles. The Morgan fingerprint density at radius 1 is 1.27 bits per heavy atom. The molecule has 1 aliphatic rings. The summed E-state index contributed by atoms with van der Waals surface area (Å²) in [5.74, 6) is 0.0951. The van der Waals surface area contributed by atoms with E-state index >= 15 is 0 Å². The van der Waals surface area contributed by atoms with E-state index in [1.807, 2.05) is 43.3 Å². The van der Waals surface area contributed by atoms with Crippen LogP contribution >= 0.6 is 0 Å². The average Bonchev–Trinajstić information content (AvgIpc) is 2.25. The van der Waals surface area contributed by atoms with Crippen LogP contribution in [0.25, 0.3) is 0 Å². The molecule has 1 aromatic carbocycles. The molecule has 0 bridgehead atoms. The van der Waals surface area contributed by atoms with Crippen molar-refractivity contribution in [1.82, 2.24) is 0 Å². The first-order valence-corrected chi connectivity index (χ1v) is 5.18. The standard InChI is InChI=1S/C13H14O2/c1-10-7-8-15-13(14)12(10)9-11-5-3-2-4-6-11/h2-8,10,12H,9H2,1H3/t10-,12-/m1/s1. The highest BCUT2D eigenvalue weighted by Gasteiger charge is 2.27. The van der Waals surface area contributed by atoms with Crippen molar-refractivity contribution in [3.8, 4) is 0 Å². The zero-order valence-corrected chi connectivity index (χ0v) is 8.72. The van der Waals surface area contributed by atoms with Gasteiger partial charge in [0.15, 0.2) is 0 Å². The van der Waals surface area contributed by atoms with Crippen molar-refractivity contribution >= 4 is 5.97 Å². The number of esters is 1. The summed E-state index contributed by atoms with van der Waals surface area (Å²) < 4.78 is 4.91. The first kappa shape index (κ1) is 9.97. The number of hydrogen-bond donors (Lipinski definition) is 0. The Balaban J connectivity index is 2.11. The summed E-state index contributed by atoms with van der Waals surface area (Å²) in [7, 11) is 0. The van der Waals surface area contributed by atoms with Crippen molar-refractivity contribution in [1.29, 1.82) is 0 Å². The fourth-order valence-corrected chi connectivity index (χ4v) is 1.80. The van der Waals surface area contributed by atoms with Crippen LogP contribution in [0.5, 0.6) is 0 Å². The Bertz CT molecular complexity index is 367. The van der Waals surface area contributed by atoms with Gasteiger partial charge in [0, 0.05) is 0 Å². The van der Waals surface area contributed by atoms with Crippen LogP contribution in [0.4, 0.5) is 0 Å². The van der Waals surface area contributed by atoms with Crippen molar-refractivity contribution in [2.75, 3.05) is 0 Å². The third-order valence-electron chi connectivity index (χ3n) is 2.80. The lowest BCUT2D eigenvalue weighted by Crippen LogP contribution is -2.27. The Morgan fingerprint density at radius 2 is 2.00 bits per heavy atom. The molecule has 0 spiro atoms. The van der Waals surface area contributed by atoms with Crippen molar-refractivity contribution in [3.63, 3.8) is 0 Å². The quantitative estimate of drug-likeness (QED) is 0.689. The highest BCUT2D eigenvalue weighted by Crippen LogP contribution is 2.23. The van der Waals surface area contributed by atoms with Crippen molar-refractivity contribution in [3.05, 3.63) is 48.2 Å². The largest absolute Gasteiger partial charge is 0.435 e. The summed E-state index contributed by atoms with van der Waals surface area (Å²) in [5, 5.41) is 0. The van der Waals surface area contributed by atoms with Gasteiger partial charge in [-0.05, 0) is 24.0 Å². The van der Waals surface area contributed by atoms with Crippen LogP contribution in [-0.4, -0.2) is 5.97 Å². The Kier molecular flexibility index (Phi) is 2.86. The summed E-state index contributed by atoms with van der Waals surface area (Å²) >= 11 is 0. The lowest BCUT2D eigenvalue weighted by Gasteiger charge is -2.22. The molecule has 2 atom stereocenters. The SMILES string of the molecule is C[C@@H]1C=COC(=O)[C@@H]1Cc1ccccc1. The van der Waals surface area contributed by atoms with Gasteiger partial charge in [0.05, 0.1) is 12.2 Å². The smallest absolute Gasteiger partial charge is 0.314 e. The molecule has 0 aliphatic carbocycles. The van der Waals surface area contributed by atoms with Crippen LogP contribution in [0.15, 0.2) is 42.7 Å². The summed E-state index contributed by atoms with van der Waals surface area (Å²) in [6.45, 7) is 2.05. The maximum atomic E-state index is 11.5. The van der Waals surface area contributed by atoms with Crippen LogP contribution in [0, 0.1) is 11.8 Å². The minimum Gasteiger partial charge on any atom is -0.435 e. The van der Waals surface area contributed by atoms with Gasteiger partial charge in [-0.25, -0.2) is 0 Å². The van der Waals surface area contributed by atoms with Gasteiger partial charge in [-0.15, -0.1) is 0 Å². The molecular weight excluding hydrogens is 188 g/mol. The van der Waals surface area contributed by atoms with E-state index in [1.165, 1.54) is 11.8 Å². The summed E-state index contributed by atoms with van der Waals surface area (Å²) in [6, 6.07) is 10.0. The third kappa shape index (κ3) is 2.27. The predicted molar refractivity (Wildman–Crippen MR) is 58.0 cm³/mol. The van der Waals surface area contributed by atoms with E-state index in [1.54, 1.807) is 0 Å². The number of cyclic esters (lactones) is 1. The van der Waals surface area contributed by atoms with Gasteiger partial charge < -0.3 is 4.74 Å². The van der Waals surface area contributed by atoms with Crippen LogP contribution < -0.4 is 0 Å². The molecule has 78 valence electrons. The maximum Gasteiger partial charge on any atom is 0.314 e. The normalized spacial score (nSPS) is 25.0. The molecule has 1 aliphatic heterocycles. The number of ether oxygens (including phenoxy) is 1. The molecule has 15 heavy (non-hydrogen) atoms. The van der Waals surface area contributed by atoms with Gasteiger partial charge in [0.2, 0.25) is 0 Å². The van der Waals surface area contributed by atoms with E-state index in [0.29, 0.717) is 0 Å². The third-order valence-corrected chi connectivity index (χ3v) is 2.80. The second-order valence-corrected chi connectivity index (χ2v) is 3.92. The van der Waals surface area contributed by atoms with E-state index < -0.39 is 0 Å². The van der Waals surface area contributed by atoms with Gasteiger partial charge in [-0.1, -0.05) is 37.3 Å². The van der Waals surface area contributed by atoms with Gasteiger partial charge >= 0.3 is 5.97 Å². The van der Waals surface area contributed by atoms with Gasteiger partial charge in [-0.2, -0.15) is 0 Å². The van der Waals surface area contributed by atoms with Crippen molar-refractivity contribution in [2.45, 2.75) is 13.3 Å². The van der Waals surface area contributed by atoms with Gasteiger partial charge in [-0.3, -0.25) is 4.79 Å². The molecule has 0 aromatic heterocycles. The maximum absolute atomic E-state index is 11.5. The molecule has 2 heteroatoms. The van der Waals surface area contributed by atoms with Crippen LogP contribution in [0.2, 0.25) is 0 Å². The number of benzene rings is 1. The predicted octanol–water partition coefficient (Wildman–Crippen LogP) is 2.55. The zero-order valence-electron chi connectivity index (χ0n) is 8.72. The van der Waals surface area contributed by atoms with E-state index in [9.17, 15) is 4.79 Å². The Morgan fingerprint density at radius 3 is 2.67 bits per heavy atom. The summed E-state index contributed by atoms with van der Waals surface area (Å²) in [5.41, 5.74) is 1.18. The minimum absolute atomic E-state index is 0.0441. The highest BCUT2D eigenvalue weighted by atomic mass is 16.5. The first-order chi connectivity index (χ1) is 7.27. The van der Waals surface area contributed by atoms with Crippen LogP contribution in [0.3, 0.4) is 0 Å². The minimum atomic E-state index is -0.117. The second-order valence-electron chi connectivity index (χ2n) is 3.92. The molecule has 0 N–H and O–H groups in total. The number of allylic oxidation sites excluding steroid dienone is 1. The zero-order chi connectivity index (χ0) is 10.7. The number of carbonyl (C=O) groups excluding carboxylic acids is 1. The van der Waals surface area contributed by atoms with E-state index in [4.69, 9.17) is 4.74 Å². The molecule has 0 fully saturated rings. The van der Waals surface area contributed by atoms with Crippen molar-refractivity contribution < 1.29 is 9.53 Å². The fraction of sp³-hybridized carbons (Fsp3) is 0.308. The van der Waals surface area contributed by atoms with Crippen LogP contribution in [-0.2, 0) is 16.0 Å². The molecule has 0 saturated heterocycles.